The number of halogens is 6. The Balaban J connectivity index is 1.60. The Morgan fingerprint density at radius 1 is 0.978 bits per heavy atom. The average molecular weight is 670 g/mol. The van der Waals surface area contributed by atoms with E-state index in [0.29, 0.717) is 35.1 Å². The van der Waals surface area contributed by atoms with E-state index in [1.54, 1.807) is 23.8 Å². The third-order valence-corrected chi connectivity index (χ3v) is 7.29. The fourth-order valence-corrected chi connectivity index (χ4v) is 4.99. The van der Waals surface area contributed by atoms with Gasteiger partial charge in [0.25, 0.3) is 22.0 Å². The van der Waals surface area contributed by atoms with Crippen LogP contribution in [-0.2, 0) is 33.8 Å². The zero-order valence-corrected chi connectivity index (χ0v) is 24.7. The highest BCUT2D eigenvalue weighted by molar-refractivity contribution is 7.87. The molecule has 46 heavy (non-hydrogen) atoms. The molecule has 6 N–H and O–H groups in total. The number of amides is 2. The van der Waals surface area contributed by atoms with E-state index in [0.717, 1.165) is 11.1 Å². The molecule has 0 saturated carbocycles. The Kier molecular flexibility index (Phi) is 9.22. The molecule has 3 aromatic carbocycles. The van der Waals surface area contributed by atoms with Gasteiger partial charge in [-0.15, -0.1) is 0 Å². The lowest BCUT2D eigenvalue weighted by molar-refractivity contribution is -0.143. The van der Waals surface area contributed by atoms with Crippen LogP contribution in [-0.4, -0.2) is 26.1 Å². The summed E-state index contributed by atoms with van der Waals surface area (Å²) in [6.07, 6.45) is -8.33. The number of anilines is 1. The molecule has 244 valence electrons. The minimum atomic E-state index is -5.30. The van der Waals surface area contributed by atoms with Crippen molar-refractivity contribution in [2.75, 3.05) is 5.32 Å². The third kappa shape index (κ3) is 7.66. The van der Waals surface area contributed by atoms with E-state index in [2.05, 4.69) is 5.32 Å². The van der Waals surface area contributed by atoms with Crippen LogP contribution in [0.5, 0.6) is 0 Å². The van der Waals surface area contributed by atoms with Crippen molar-refractivity contribution in [3.8, 4) is 0 Å². The third-order valence-electron chi connectivity index (χ3n) is 6.81. The van der Waals surface area contributed by atoms with E-state index in [-0.39, 0.29) is 17.3 Å². The molecule has 0 aliphatic rings. The first-order valence-corrected chi connectivity index (χ1v) is 14.7. The monoisotopic (exact) mass is 669 g/mol. The minimum Gasteiger partial charge on any atom is -0.464 e. The van der Waals surface area contributed by atoms with Gasteiger partial charge in [-0.05, 0) is 84.6 Å². The summed E-state index contributed by atoms with van der Waals surface area (Å²) in [5, 5.41) is 18.7. The zero-order chi connectivity index (χ0) is 34.2. The number of alkyl halides is 6. The zero-order valence-electron chi connectivity index (χ0n) is 23.9. The molecule has 1 unspecified atom stereocenters. The first-order chi connectivity index (χ1) is 21.3. The van der Waals surface area contributed by atoms with Gasteiger partial charge in [0.1, 0.15) is 17.5 Å². The van der Waals surface area contributed by atoms with Crippen molar-refractivity contribution in [2.24, 2.45) is 5.14 Å². The Labute approximate surface area is 257 Å². The Morgan fingerprint density at radius 3 is 2.20 bits per heavy atom. The van der Waals surface area contributed by atoms with Crippen LogP contribution in [0.1, 0.15) is 56.7 Å². The van der Waals surface area contributed by atoms with Crippen LogP contribution >= 0.6 is 0 Å². The number of hydrogen-bond donors (Lipinski definition) is 5. The van der Waals surface area contributed by atoms with Gasteiger partial charge in [-0.1, -0.05) is 6.92 Å². The number of nitrogens with one attached hydrogen (secondary N) is 4. The Hall–Kier alpha value is -4.90. The van der Waals surface area contributed by atoms with Crippen molar-refractivity contribution >= 4 is 44.5 Å². The Morgan fingerprint density at radius 2 is 1.63 bits per heavy atom. The van der Waals surface area contributed by atoms with Crippen LogP contribution in [0.2, 0.25) is 0 Å². The normalized spacial score (nSPS) is 12.9. The van der Waals surface area contributed by atoms with E-state index in [9.17, 15) is 44.3 Å². The van der Waals surface area contributed by atoms with Crippen LogP contribution in [0, 0.1) is 12.3 Å². The molecule has 4 aromatic rings. The van der Waals surface area contributed by atoms with E-state index in [4.69, 9.17) is 15.0 Å². The van der Waals surface area contributed by atoms with Crippen molar-refractivity contribution in [3.63, 3.8) is 0 Å². The number of hydrogen-bond acceptors (Lipinski definition) is 7. The summed E-state index contributed by atoms with van der Waals surface area (Å²) in [6, 6.07) is 7.71. The van der Waals surface area contributed by atoms with Gasteiger partial charge in [0.15, 0.2) is 0 Å². The van der Waals surface area contributed by atoms with E-state index < -0.39 is 62.9 Å². The van der Waals surface area contributed by atoms with E-state index in [1.807, 2.05) is 12.2 Å². The topological polar surface area (TPSA) is 167 Å². The second-order valence-electron chi connectivity index (χ2n) is 10.1. The molecule has 0 aliphatic carbocycles. The molecule has 2 amide bonds. The van der Waals surface area contributed by atoms with E-state index in [1.165, 1.54) is 30.5 Å². The lowest BCUT2D eigenvalue weighted by atomic mass is 9.98. The number of carbonyl (C=O) groups excluding carboxylic acids is 2. The molecule has 0 saturated heterocycles. The van der Waals surface area contributed by atoms with Crippen molar-refractivity contribution in [1.82, 2.24) is 10.0 Å². The van der Waals surface area contributed by atoms with Crippen LogP contribution in [0.4, 0.5) is 32.0 Å². The average Bonchev–Trinajstić information content (AvgIpc) is 3.33. The molecule has 0 radical (unpaired) electrons. The maximum Gasteiger partial charge on any atom is 0.417 e. The van der Waals surface area contributed by atoms with Crippen molar-refractivity contribution in [2.45, 2.75) is 38.7 Å². The second-order valence-corrected chi connectivity index (χ2v) is 11.4. The van der Waals surface area contributed by atoms with Gasteiger partial charge < -0.3 is 15.1 Å². The van der Waals surface area contributed by atoms with Crippen molar-refractivity contribution in [3.05, 3.63) is 99.8 Å². The molecule has 1 aromatic heterocycles. The molecule has 0 spiro atoms. The van der Waals surface area contributed by atoms with Crippen LogP contribution in [0.3, 0.4) is 0 Å². The summed E-state index contributed by atoms with van der Waals surface area (Å²) in [5.41, 5.74) is -1.90. The van der Waals surface area contributed by atoms with E-state index >= 15 is 0 Å². The predicted molar refractivity (Wildman–Crippen MR) is 155 cm³/mol. The highest BCUT2D eigenvalue weighted by Crippen LogP contribution is 2.37. The quantitative estimate of drug-likeness (QED) is 0.0934. The lowest BCUT2D eigenvalue weighted by Crippen LogP contribution is -2.41. The lowest BCUT2D eigenvalue weighted by Gasteiger charge is -2.21. The summed E-state index contributed by atoms with van der Waals surface area (Å²) >= 11 is 0. The minimum absolute atomic E-state index is 0.0198. The predicted octanol–water partition coefficient (Wildman–Crippen LogP) is 5.57. The largest absolute Gasteiger partial charge is 0.464 e. The van der Waals surface area contributed by atoms with Crippen molar-refractivity contribution in [1.29, 1.82) is 5.41 Å². The maximum absolute atomic E-state index is 13.5. The van der Waals surface area contributed by atoms with Crippen LogP contribution < -0.4 is 20.5 Å². The molecule has 1 heterocycles. The molecule has 4 rings (SSSR count). The smallest absolute Gasteiger partial charge is 0.417 e. The van der Waals surface area contributed by atoms with Gasteiger partial charge in [-0.3, -0.25) is 15.0 Å². The highest BCUT2D eigenvalue weighted by Gasteiger charge is 2.39. The van der Waals surface area contributed by atoms with Crippen LogP contribution in [0.15, 0.2) is 65.3 Å². The summed E-state index contributed by atoms with van der Waals surface area (Å²) in [5.74, 6) is -3.17. The van der Waals surface area contributed by atoms with Crippen LogP contribution in [0.25, 0.3) is 11.0 Å². The number of benzene rings is 3. The molecule has 1 atom stereocenters. The molecule has 0 fully saturated rings. The SMILES string of the molecule is CCc1cc(C(Nc2ccc(C(=N)NC(=O)c3ccc(C(F)(F)F)cc3C(F)(F)F)cc2)C(=O)NS(N)(=O)=O)cc2c(C)coc12. The van der Waals surface area contributed by atoms with Gasteiger partial charge in [0, 0.05) is 16.6 Å². The molecule has 17 heteroatoms. The number of nitrogens with two attached hydrogens (primary N) is 1. The number of furan rings is 1. The Bertz CT molecular complexity index is 1940. The first kappa shape index (κ1) is 34.0. The number of amidine groups is 1. The number of aryl methyl sites for hydroxylation is 2. The first-order valence-electron chi connectivity index (χ1n) is 13.2. The van der Waals surface area contributed by atoms with Gasteiger partial charge in [-0.2, -0.15) is 34.8 Å². The fraction of sp³-hybridized carbons (Fsp3) is 0.207. The summed E-state index contributed by atoms with van der Waals surface area (Å²) in [4.78, 5) is 25.7. The number of fused-ring (bicyclic) bond motifs is 1. The molecule has 0 aliphatic heterocycles. The summed E-state index contributed by atoms with van der Waals surface area (Å²) in [6.45, 7) is 3.65. The fourth-order valence-electron chi connectivity index (χ4n) is 4.59. The van der Waals surface area contributed by atoms with Gasteiger partial charge >= 0.3 is 12.4 Å². The van der Waals surface area contributed by atoms with Crippen molar-refractivity contribution < 1.29 is 48.8 Å². The highest BCUT2D eigenvalue weighted by atomic mass is 32.2. The number of carbonyl (C=O) groups is 2. The maximum atomic E-state index is 13.5. The molecular formula is C29H25F6N5O5S. The summed E-state index contributed by atoms with van der Waals surface area (Å²) in [7, 11) is -4.45. The molecular weight excluding hydrogens is 644 g/mol. The van der Waals surface area contributed by atoms with Gasteiger partial charge in [0.2, 0.25) is 0 Å². The molecule has 0 bridgehead atoms. The second kappa shape index (κ2) is 12.5. The molecule has 10 nitrogen and oxygen atoms in total. The van der Waals surface area contributed by atoms with Gasteiger partial charge in [-0.25, -0.2) is 9.86 Å². The van der Waals surface area contributed by atoms with Gasteiger partial charge in [0.05, 0.1) is 23.0 Å². The standard InChI is InChI=1S/C29H25F6N5O5S/c1-3-15-10-17(11-21-14(2)13-45-24(15)21)23(27(42)40-46(37,43)44)38-19-7-4-16(5-8-19)25(36)39-26(41)20-9-6-18(28(30,31)32)12-22(20)29(33,34)35/h4-13,23,38H,3H2,1-2H3,(H,40,42)(H2,36,39,41)(H2,37,43,44). The number of rotatable bonds is 8. The summed E-state index contributed by atoms with van der Waals surface area (Å²) < 4.78 is 110.